The van der Waals surface area contributed by atoms with Gasteiger partial charge in [0.15, 0.2) is 0 Å². The molecule has 0 saturated carbocycles. The molecule has 0 radical (unpaired) electrons. The first-order valence-electron chi connectivity index (χ1n) is 5.35. The predicted octanol–water partition coefficient (Wildman–Crippen LogP) is 1.87. The van der Waals surface area contributed by atoms with Crippen LogP contribution in [-0.4, -0.2) is 11.9 Å². The number of rotatable bonds is 8. The molecule has 0 aliphatic rings. The molecule has 0 rings (SSSR count). The van der Waals surface area contributed by atoms with Crippen LogP contribution in [0.3, 0.4) is 0 Å². The smallest absolute Gasteiger partial charge is 0.328 e. The normalized spacial score (nSPS) is 9.73. The van der Waals surface area contributed by atoms with Crippen LogP contribution in [0.2, 0.25) is 0 Å². The topological polar surface area (TPSA) is 64.6 Å². The van der Waals surface area contributed by atoms with Crippen molar-refractivity contribution >= 4 is 11.9 Å². The second kappa shape index (κ2) is 9.45. The zero-order valence-corrected chi connectivity index (χ0v) is 9.38. The molecule has 0 aliphatic heterocycles. The quantitative estimate of drug-likeness (QED) is 0.629. The predicted molar refractivity (Wildman–Crippen MR) is 54.4 cm³/mol. The van der Waals surface area contributed by atoms with Crippen molar-refractivity contribution in [2.45, 2.75) is 52.4 Å². The molecule has 5 heteroatoms. The first-order chi connectivity index (χ1) is 7.20. The average molecular weight is 217 g/mol. The fraction of sp³-hybridized carbons (Fsp3) is 0.800. The van der Waals surface area contributed by atoms with Gasteiger partial charge in [-0.1, -0.05) is 26.7 Å². The van der Waals surface area contributed by atoms with Crippen LogP contribution in [0.4, 0.5) is 0 Å². The molecule has 0 aliphatic carbocycles. The lowest BCUT2D eigenvalue weighted by molar-refractivity contribution is -0.198. The zero-order valence-electron chi connectivity index (χ0n) is 9.38. The Labute approximate surface area is 90.0 Å². The zero-order chi connectivity index (χ0) is 11.5. The molecule has 0 aromatic heterocycles. The SMILES string of the molecule is CCCCC(=O)ONOC(=O)CCCC. The van der Waals surface area contributed by atoms with E-state index in [4.69, 9.17) is 0 Å². The Bertz CT molecular complexity index is 174. The van der Waals surface area contributed by atoms with Crippen molar-refractivity contribution in [3.63, 3.8) is 0 Å². The summed E-state index contributed by atoms with van der Waals surface area (Å²) in [4.78, 5) is 30.8. The van der Waals surface area contributed by atoms with Crippen LogP contribution in [0.25, 0.3) is 0 Å². The van der Waals surface area contributed by atoms with E-state index in [1.54, 1.807) is 0 Å². The van der Waals surface area contributed by atoms with E-state index in [1.165, 1.54) is 0 Å². The van der Waals surface area contributed by atoms with Crippen molar-refractivity contribution in [2.75, 3.05) is 0 Å². The van der Waals surface area contributed by atoms with E-state index >= 15 is 0 Å². The van der Waals surface area contributed by atoms with Gasteiger partial charge in [-0.15, -0.1) is 0 Å². The molecule has 15 heavy (non-hydrogen) atoms. The van der Waals surface area contributed by atoms with Gasteiger partial charge in [-0.25, -0.2) is 0 Å². The van der Waals surface area contributed by atoms with Crippen molar-refractivity contribution in [1.29, 1.82) is 0 Å². The Kier molecular flexibility index (Phi) is 8.76. The van der Waals surface area contributed by atoms with Gasteiger partial charge < -0.3 is 9.68 Å². The van der Waals surface area contributed by atoms with E-state index in [9.17, 15) is 9.59 Å². The summed E-state index contributed by atoms with van der Waals surface area (Å²) in [6.45, 7) is 3.96. The molecule has 0 saturated heterocycles. The maximum atomic E-state index is 10.9. The first kappa shape index (κ1) is 13.9. The van der Waals surface area contributed by atoms with Crippen molar-refractivity contribution in [1.82, 2.24) is 5.64 Å². The van der Waals surface area contributed by atoms with Crippen LogP contribution in [0.1, 0.15) is 52.4 Å². The molecule has 88 valence electrons. The minimum atomic E-state index is -0.417. The largest absolute Gasteiger partial charge is 0.336 e. The van der Waals surface area contributed by atoms with E-state index in [0.29, 0.717) is 12.8 Å². The van der Waals surface area contributed by atoms with Crippen molar-refractivity contribution < 1.29 is 19.3 Å². The number of hydrogen-bond acceptors (Lipinski definition) is 5. The van der Waals surface area contributed by atoms with Gasteiger partial charge in [-0.3, -0.25) is 9.59 Å². The maximum absolute atomic E-state index is 10.9. The Morgan fingerprint density at radius 3 is 1.67 bits per heavy atom. The fourth-order valence-electron chi connectivity index (χ4n) is 0.858. The summed E-state index contributed by atoms with van der Waals surface area (Å²) in [6, 6.07) is 0. The molecule has 0 spiro atoms. The summed E-state index contributed by atoms with van der Waals surface area (Å²) in [7, 11) is 0. The third-order valence-electron chi connectivity index (χ3n) is 1.78. The summed E-state index contributed by atoms with van der Waals surface area (Å²) >= 11 is 0. The molecular formula is C10H19NO4. The number of nitrogens with one attached hydrogen (secondary N) is 1. The van der Waals surface area contributed by atoms with Crippen LogP contribution in [-0.2, 0) is 19.3 Å². The highest BCUT2D eigenvalue weighted by Gasteiger charge is 2.05. The average Bonchev–Trinajstić information content (AvgIpc) is 2.23. The maximum Gasteiger partial charge on any atom is 0.328 e. The number of unbranched alkanes of at least 4 members (excludes halogenated alkanes) is 2. The summed E-state index contributed by atoms with van der Waals surface area (Å²) in [5, 5.41) is 0. The standard InChI is InChI=1S/C10H19NO4/c1-3-5-7-9(12)14-11-15-10(13)8-6-4-2/h11H,3-8H2,1-2H3. The molecule has 0 fully saturated rings. The van der Waals surface area contributed by atoms with Crippen molar-refractivity contribution in [2.24, 2.45) is 0 Å². The van der Waals surface area contributed by atoms with Gasteiger partial charge in [0.1, 0.15) is 0 Å². The van der Waals surface area contributed by atoms with Gasteiger partial charge in [0.2, 0.25) is 0 Å². The lowest BCUT2D eigenvalue weighted by Gasteiger charge is -2.04. The first-order valence-corrected chi connectivity index (χ1v) is 5.35. The van der Waals surface area contributed by atoms with Gasteiger partial charge in [0.05, 0.1) is 0 Å². The number of carbonyl (C=O) groups is 2. The minimum absolute atomic E-state index is 0.329. The van der Waals surface area contributed by atoms with Gasteiger partial charge in [-0.2, -0.15) is 0 Å². The van der Waals surface area contributed by atoms with Gasteiger partial charge in [-0.05, 0) is 12.8 Å². The van der Waals surface area contributed by atoms with E-state index in [0.717, 1.165) is 25.7 Å². The highest BCUT2D eigenvalue weighted by Crippen LogP contribution is 1.97. The minimum Gasteiger partial charge on any atom is -0.336 e. The van der Waals surface area contributed by atoms with Crippen LogP contribution < -0.4 is 5.64 Å². The molecule has 0 bridgehead atoms. The van der Waals surface area contributed by atoms with Crippen LogP contribution >= 0.6 is 0 Å². The van der Waals surface area contributed by atoms with Crippen molar-refractivity contribution in [3.05, 3.63) is 0 Å². The Hall–Kier alpha value is -1.10. The van der Waals surface area contributed by atoms with Crippen LogP contribution in [0, 0.1) is 0 Å². The van der Waals surface area contributed by atoms with E-state index in [2.05, 4.69) is 9.68 Å². The molecule has 1 N–H and O–H groups in total. The van der Waals surface area contributed by atoms with Gasteiger partial charge in [0, 0.05) is 18.5 Å². The highest BCUT2D eigenvalue weighted by molar-refractivity contribution is 5.70. The van der Waals surface area contributed by atoms with E-state index in [-0.39, 0.29) is 0 Å². The summed E-state index contributed by atoms with van der Waals surface area (Å²) in [5.74, 6) is -0.833. The molecule has 0 unspecified atom stereocenters. The molecule has 5 nitrogen and oxygen atoms in total. The number of hydrogen-bond donors (Lipinski definition) is 1. The third kappa shape index (κ3) is 9.21. The molecule has 0 aromatic carbocycles. The Morgan fingerprint density at radius 1 is 0.933 bits per heavy atom. The molecule has 0 atom stereocenters. The molecule has 0 amide bonds. The van der Waals surface area contributed by atoms with Gasteiger partial charge in [0.25, 0.3) is 0 Å². The number of carbonyl (C=O) groups excluding carboxylic acids is 2. The van der Waals surface area contributed by atoms with Gasteiger partial charge >= 0.3 is 11.9 Å². The molecule has 0 heterocycles. The Balaban J connectivity index is 3.36. The summed E-state index contributed by atoms with van der Waals surface area (Å²) in [6.07, 6.45) is 4.04. The summed E-state index contributed by atoms with van der Waals surface area (Å²) < 4.78 is 0. The second-order valence-electron chi connectivity index (χ2n) is 3.24. The monoisotopic (exact) mass is 217 g/mol. The van der Waals surface area contributed by atoms with E-state index < -0.39 is 11.9 Å². The Morgan fingerprint density at radius 2 is 1.33 bits per heavy atom. The van der Waals surface area contributed by atoms with Crippen molar-refractivity contribution in [3.8, 4) is 0 Å². The summed E-state index contributed by atoms with van der Waals surface area (Å²) in [5.41, 5.74) is 1.90. The highest BCUT2D eigenvalue weighted by atomic mass is 16.9. The third-order valence-corrected chi connectivity index (χ3v) is 1.78. The molecular weight excluding hydrogens is 198 g/mol. The van der Waals surface area contributed by atoms with Crippen LogP contribution in [0.15, 0.2) is 0 Å². The second-order valence-corrected chi connectivity index (χ2v) is 3.24. The van der Waals surface area contributed by atoms with Crippen LogP contribution in [0.5, 0.6) is 0 Å². The molecule has 0 aromatic rings. The fourth-order valence-corrected chi connectivity index (χ4v) is 0.858. The lowest BCUT2D eigenvalue weighted by Crippen LogP contribution is -2.23. The van der Waals surface area contributed by atoms with E-state index in [1.807, 2.05) is 19.5 Å². The lowest BCUT2D eigenvalue weighted by atomic mass is 10.3.